The van der Waals surface area contributed by atoms with E-state index in [1.165, 1.54) is 19.5 Å². The molecule has 0 unspecified atom stereocenters. The van der Waals surface area contributed by atoms with Crippen LogP contribution in [0.1, 0.15) is 17.3 Å². The highest BCUT2D eigenvalue weighted by atomic mass is 35.5. The summed E-state index contributed by atoms with van der Waals surface area (Å²) in [6.07, 6.45) is 3.00. The normalized spacial score (nSPS) is 11.1. The zero-order valence-corrected chi connectivity index (χ0v) is 11.2. The fourth-order valence-electron chi connectivity index (χ4n) is 1.17. The number of hydrogen-bond donors (Lipinski definition) is 1. The zero-order valence-electron chi connectivity index (χ0n) is 9.67. The van der Waals surface area contributed by atoms with Gasteiger partial charge in [-0.1, -0.05) is 0 Å². The van der Waals surface area contributed by atoms with Crippen molar-refractivity contribution in [2.45, 2.75) is 12.5 Å². The van der Waals surface area contributed by atoms with Gasteiger partial charge in [0.15, 0.2) is 0 Å². The summed E-state index contributed by atoms with van der Waals surface area (Å²) >= 11 is 11.5. The number of nitrogens with one attached hydrogen (secondary N) is 1. The van der Waals surface area contributed by atoms with E-state index in [9.17, 15) is 4.79 Å². The first-order valence-electron chi connectivity index (χ1n) is 4.99. The second-order valence-corrected chi connectivity index (χ2v) is 4.39. The van der Waals surface area contributed by atoms with Gasteiger partial charge in [0.2, 0.25) is 0 Å². The molecular formula is C11H14Cl2N2O2. The van der Waals surface area contributed by atoms with E-state index in [-0.39, 0.29) is 17.7 Å². The summed E-state index contributed by atoms with van der Waals surface area (Å²) < 4.78 is 5.06. The van der Waals surface area contributed by atoms with Crippen molar-refractivity contribution >= 4 is 29.1 Å². The number of pyridine rings is 1. The number of carbonyl (C=O) groups is 1. The zero-order chi connectivity index (χ0) is 12.9. The molecule has 0 aromatic carbocycles. The van der Waals surface area contributed by atoms with Crippen LogP contribution >= 0.6 is 23.2 Å². The smallest absolute Gasteiger partial charge is 0.255 e. The number of halogens is 2. The minimum absolute atomic E-state index is 0.232. The lowest BCUT2D eigenvalue weighted by atomic mass is 10.1. The Morgan fingerprint density at radius 3 is 2.71 bits per heavy atom. The monoisotopic (exact) mass is 276 g/mol. The predicted octanol–water partition coefficient (Wildman–Crippen LogP) is 2.06. The molecule has 0 radical (unpaired) electrons. The number of carbonyl (C=O) groups excluding carboxylic acids is 1. The Kier molecular flexibility index (Phi) is 5.02. The molecule has 0 saturated heterocycles. The van der Waals surface area contributed by atoms with Crippen molar-refractivity contribution < 1.29 is 9.53 Å². The van der Waals surface area contributed by atoms with Crippen LogP contribution in [0.2, 0.25) is 0 Å². The maximum absolute atomic E-state index is 12.0. The highest BCUT2D eigenvalue weighted by Gasteiger charge is 2.26. The summed E-state index contributed by atoms with van der Waals surface area (Å²) in [7, 11) is 1.48. The van der Waals surface area contributed by atoms with Gasteiger partial charge < -0.3 is 10.1 Å². The lowest BCUT2D eigenvalue weighted by Crippen LogP contribution is -2.49. The van der Waals surface area contributed by atoms with Crippen LogP contribution in [0.15, 0.2) is 18.5 Å². The molecule has 17 heavy (non-hydrogen) atoms. The van der Waals surface area contributed by atoms with Gasteiger partial charge in [0, 0.05) is 18.0 Å². The van der Waals surface area contributed by atoms with E-state index in [0.29, 0.717) is 11.3 Å². The molecule has 0 aliphatic carbocycles. The summed E-state index contributed by atoms with van der Waals surface area (Å²) in [5, 5.41) is 2.77. The summed E-state index contributed by atoms with van der Waals surface area (Å²) in [6.45, 7) is 1.78. The molecule has 0 fully saturated rings. The molecule has 0 aliphatic heterocycles. The van der Waals surface area contributed by atoms with E-state index < -0.39 is 5.54 Å². The quantitative estimate of drug-likeness (QED) is 0.838. The third-order valence-corrected chi connectivity index (χ3v) is 3.43. The van der Waals surface area contributed by atoms with Gasteiger partial charge in [-0.05, 0) is 13.0 Å². The van der Waals surface area contributed by atoms with Crippen LogP contribution in [-0.2, 0) is 0 Å². The number of rotatable bonds is 5. The van der Waals surface area contributed by atoms with Gasteiger partial charge in [-0.3, -0.25) is 9.78 Å². The average Bonchev–Trinajstić information content (AvgIpc) is 2.38. The van der Waals surface area contributed by atoms with Crippen LogP contribution in [0.25, 0.3) is 0 Å². The molecule has 0 atom stereocenters. The van der Waals surface area contributed by atoms with Gasteiger partial charge in [-0.15, -0.1) is 23.2 Å². The molecule has 1 amide bonds. The number of nitrogens with zero attached hydrogens (tertiary/aromatic N) is 1. The number of hydrogen-bond acceptors (Lipinski definition) is 3. The summed E-state index contributed by atoms with van der Waals surface area (Å²) in [4.78, 5) is 15.9. The van der Waals surface area contributed by atoms with Crippen molar-refractivity contribution in [1.29, 1.82) is 0 Å². The minimum Gasteiger partial charge on any atom is -0.494 e. The van der Waals surface area contributed by atoms with E-state index in [1.54, 1.807) is 13.0 Å². The molecule has 0 saturated carbocycles. The first-order valence-corrected chi connectivity index (χ1v) is 6.05. The molecule has 1 N–H and O–H groups in total. The third-order valence-electron chi connectivity index (χ3n) is 2.25. The second-order valence-electron chi connectivity index (χ2n) is 3.86. The van der Waals surface area contributed by atoms with Crippen LogP contribution < -0.4 is 10.1 Å². The van der Waals surface area contributed by atoms with Crippen molar-refractivity contribution in [1.82, 2.24) is 10.3 Å². The van der Waals surface area contributed by atoms with Crippen LogP contribution in [0.4, 0.5) is 0 Å². The predicted molar refractivity (Wildman–Crippen MR) is 68.1 cm³/mol. The Bertz CT molecular complexity index is 395. The average molecular weight is 277 g/mol. The molecular weight excluding hydrogens is 263 g/mol. The Hall–Kier alpha value is -1.00. The molecule has 94 valence electrons. The number of amides is 1. The fraction of sp³-hybridized carbons (Fsp3) is 0.455. The standard InChI is InChI=1S/C11H14Cl2N2O2/c1-11(6-12,7-13)15-10(16)8-3-4-14-5-9(8)17-2/h3-5H,6-7H2,1-2H3,(H,15,16). The van der Waals surface area contributed by atoms with E-state index in [1.807, 2.05) is 0 Å². The van der Waals surface area contributed by atoms with Crippen LogP contribution in [0.5, 0.6) is 5.75 Å². The fourth-order valence-corrected chi connectivity index (χ4v) is 1.59. The van der Waals surface area contributed by atoms with E-state index in [0.717, 1.165) is 0 Å². The van der Waals surface area contributed by atoms with Crippen molar-refractivity contribution in [3.05, 3.63) is 24.0 Å². The van der Waals surface area contributed by atoms with Crippen molar-refractivity contribution in [3.8, 4) is 5.75 Å². The van der Waals surface area contributed by atoms with Gasteiger partial charge >= 0.3 is 0 Å². The molecule has 0 aliphatic rings. The molecule has 0 spiro atoms. The molecule has 1 rings (SSSR count). The topological polar surface area (TPSA) is 51.2 Å². The van der Waals surface area contributed by atoms with Gasteiger partial charge in [0.1, 0.15) is 5.75 Å². The highest BCUT2D eigenvalue weighted by molar-refractivity contribution is 6.22. The van der Waals surface area contributed by atoms with Crippen molar-refractivity contribution in [2.24, 2.45) is 0 Å². The van der Waals surface area contributed by atoms with Crippen LogP contribution in [-0.4, -0.2) is 35.3 Å². The molecule has 0 bridgehead atoms. The Morgan fingerprint density at radius 1 is 1.53 bits per heavy atom. The minimum atomic E-state index is -0.644. The van der Waals surface area contributed by atoms with Crippen molar-refractivity contribution in [3.63, 3.8) is 0 Å². The van der Waals surface area contributed by atoms with Gasteiger partial charge in [0.05, 0.1) is 24.4 Å². The summed E-state index contributed by atoms with van der Waals surface area (Å²) in [6, 6.07) is 1.58. The Labute approximate surface area is 110 Å². The molecule has 1 aromatic rings. The van der Waals surface area contributed by atoms with Crippen LogP contribution in [0.3, 0.4) is 0 Å². The molecule has 1 aromatic heterocycles. The molecule has 1 heterocycles. The highest BCUT2D eigenvalue weighted by Crippen LogP contribution is 2.17. The maximum atomic E-state index is 12.0. The number of methoxy groups -OCH3 is 1. The maximum Gasteiger partial charge on any atom is 0.255 e. The molecule has 6 heteroatoms. The summed E-state index contributed by atoms with van der Waals surface area (Å²) in [5.74, 6) is 0.593. The first kappa shape index (κ1) is 14.1. The summed E-state index contributed by atoms with van der Waals surface area (Å²) in [5.41, 5.74) is -0.238. The van der Waals surface area contributed by atoms with Gasteiger partial charge in [0.25, 0.3) is 5.91 Å². The number of aromatic nitrogens is 1. The largest absolute Gasteiger partial charge is 0.494 e. The first-order chi connectivity index (χ1) is 8.06. The second kappa shape index (κ2) is 6.07. The van der Waals surface area contributed by atoms with Crippen molar-refractivity contribution in [2.75, 3.05) is 18.9 Å². The molecule has 4 nitrogen and oxygen atoms in total. The third kappa shape index (κ3) is 3.48. The van der Waals surface area contributed by atoms with Gasteiger partial charge in [-0.2, -0.15) is 0 Å². The lowest BCUT2D eigenvalue weighted by Gasteiger charge is -2.26. The van der Waals surface area contributed by atoms with Crippen LogP contribution in [0, 0.1) is 0 Å². The van der Waals surface area contributed by atoms with Gasteiger partial charge in [-0.25, -0.2) is 0 Å². The lowest BCUT2D eigenvalue weighted by molar-refractivity contribution is 0.0918. The van der Waals surface area contributed by atoms with E-state index in [4.69, 9.17) is 27.9 Å². The van der Waals surface area contributed by atoms with E-state index >= 15 is 0 Å². The van der Waals surface area contributed by atoms with E-state index in [2.05, 4.69) is 10.3 Å². The SMILES string of the molecule is COc1cnccc1C(=O)NC(C)(CCl)CCl. The Balaban J connectivity index is 2.90. The number of ether oxygens (including phenoxy) is 1. The number of alkyl halides is 2. The Morgan fingerprint density at radius 2 is 2.18 bits per heavy atom.